The molecule has 0 radical (unpaired) electrons. The van der Waals surface area contributed by atoms with Gasteiger partial charge in [-0.15, -0.1) is 0 Å². The van der Waals surface area contributed by atoms with Crippen LogP contribution in [0.3, 0.4) is 0 Å². The molecular formula is C18H27N3O3. The number of ether oxygens (including phenoxy) is 2. The number of carbonyl (C=O) groups is 1. The van der Waals surface area contributed by atoms with Crippen LogP contribution < -0.4 is 14.8 Å². The minimum atomic E-state index is -0.0876. The molecule has 0 saturated carbocycles. The van der Waals surface area contributed by atoms with Crippen molar-refractivity contribution in [2.45, 2.75) is 38.6 Å². The number of likely N-dealkylation sites (tertiary alicyclic amines) is 1. The molecule has 0 bridgehead atoms. The Bertz CT molecular complexity index is 605. The lowest BCUT2D eigenvalue weighted by atomic mass is 10.00. The van der Waals surface area contributed by atoms with Crippen LogP contribution >= 0.6 is 0 Å². The summed E-state index contributed by atoms with van der Waals surface area (Å²) in [5.41, 5.74) is 1.74. The van der Waals surface area contributed by atoms with Crippen molar-refractivity contribution in [2.75, 3.05) is 39.3 Å². The lowest BCUT2D eigenvalue weighted by molar-refractivity contribution is 0.162. The first-order chi connectivity index (χ1) is 11.5. The quantitative estimate of drug-likeness (QED) is 0.920. The number of aryl methyl sites for hydroxylation is 1. The number of urea groups is 1. The van der Waals surface area contributed by atoms with Crippen LogP contribution in [-0.4, -0.2) is 55.9 Å². The van der Waals surface area contributed by atoms with Crippen LogP contribution in [0, 0.1) is 6.92 Å². The highest BCUT2D eigenvalue weighted by Crippen LogP contribution is 2.36. The number of benzene rings is 1. The van der Waals surface area contributed by atoms with E-state index >= 15 is 0 Å². The van der Waals surface area contributed by atoms with Gasteiger partial charge in [0.2, 0.25) is 6.79 Å². The Balaban J connectivity index is 1.54. The monoisotopic (exact) mass is 333 g/mol. The van der Waals surface area contributed by atoms with Crippen LogP contribution in [0.4, 0.5) is 10.5 Å². The molecule has 1 unspecified atom stereocenters. The van der Waals surface area contributed by atoms with E-state index in [1.54, 1.807) is 4.90 Å². The van der Waals surface area contributed by atoms with Crippen molar-refractivity contribution in [3.63, 3.8) is 0 Å². The van der Waals surface area contributed by atoms with Crippen molar-refractivity contribution >= 4 is 11.7 Å². The Morgan fingerprint density at radius 2 is 2.08 bits per heavy atom. The van der Waals surface area contributed by atoms with Crippen LogP contribution in [0.15, 0.2) is 12.1 Å². The number of fused-ring (bicyclic) bond motifs is 1. The summed E-state index contributed by atoms with van der Waals surface area (Å²) >= 11 is 0. The standard InChI is InChI=1S/C18H27N3O3/c1-13-10-16-17(24-12-23-16)11-15(13)19-18(22)21(3)9-7-14-6-4-5-8-20(14)2/h10-11,14H,4-9,12H2,1-3H3,(H,19,22). The van der Waals surface area contributed by atoms with Crippen LogP contribution in [0.25, 0.3) is 0 Å². The van der Waals surface area contributed by atoms with E-state index in [1.165, 1.54) is 19.3 Å². The lowest BCUT2D eigenvalue weighted by Gasteiger charge is -2.33. The van der Waals surface area contributed by atoms with E-state index in [2.05, 4.69) is 17.3 Å². The van der Waals surface area contributed by atoms with Crippen molar-refractivity contribution < 1.29 is 14.3 Å². The summed E-state index contributed by atoms with van der Waals surface area (Å²) in [4.78, 5) is 16.6. The zero-order chi connectivity index (χ0) is 17.1. The molecule has 132 valence electrons. The van der Waals surface area contributed by atoms with Gasteiger partial charge in [-0.1, -0.05) is 6.42 Å². The summed E-state index contributed by atoms with van der Waals surface area (Å²) in [6.07, 6.45) is 4.82. The average molecular weight is 333 g/mol. The molecule has 0 aliphatic carbocycles. The largest absolute Gasteiger partial charge is 0.454 e. The maximum absolute atomic E-state index is 12.4. The molecular weight excluding hydrogens is 306 g/mol. The zero-order valence-electron chi connectivity index (χ0n) is 14.8. The highest BCUT2D eigenvalue weighted by molar-refractivity contribution is 5.90. The van der Waals surface area contributed by atoms with E-state index in [0.29, 0.717) is 11.8 Å². The third kappa shape index (κ3) is 3.75. The molecule has 2 heterocycles. The smallest absolute Gasteiger partial charge is 0.321 e. The van der Waals surface area contributed by atoms with Crippen LogP contribution in [0.1, 0.15) is 31.2 Å². The first-order valence-corrected chi connectivity index (χ1v) is 8.67. The second-order valence-electron chi connectivity index (χ2n) is 6.79. The molecule has 1 atom stereocenters. The van der Waals surface area contributed by atoms with Crippen molar-refractivity contribution in [2.24, 2.45) is 0 Å². The van der Waals surface area contributed by atoms with E-state index in [4.69, 9.17) is 9.47 Å². The number of hydrogen-bond acceptors (Lipinski definition) is 4. The molecule has 2 aliphatic rings. The SMILES string of the molecule is Cc1cc2c(cc1NC(=O)N(C)CCC1CCCCN1C)OCO2. The normalized spacial score (nSPS) is 20.0. The van der Waals surface area contributed by atoms with Crippen molar-refractivity contribution in [3.8, 4) is 11.5 Å². The van der Waals surface area contributed by atoms with Crippen molar-refractivity contribution in [3.05, 3.63) is 17.7 Å². The molecule has 1 saturated heterocycles. The van der Waals surface area contributed by atoms with Gasteiger partial charge < -0.3 is 24.6 Å². The number of anilines is 1. The number of nitrogens with zero attached hydrogens (tertiary/aromatic N) is 2. The lowest BCUT2D eigenvalue weighted by Crippen LogP contribution is -2.40. The van der Waals surface area contributed by atoms with Gasteiger partial charge in [-0.25, -0.2) is 4.79 Å². The van der Waals surface area contributed by atoms with Gasteiger partial charge in [0.15, 0.2) is 11.5 Å². The van der Waals surface area contributed by atoms with Crippen LogP contribution in [0.5, 0.6) is 11.5 Å². The molecule has 1 aromatic rings. The van der Waals surface area contributed by atoms with Gasteiger partial charge in [-0.2, -0.15) is 0 Å². The molecule has 6 nitrogen and oxygen atoms in total. The maximum Gasteiger partial charge on any atom is 0.321 e. The topological polar surface area (TPSA) is 54.0 Å². The van der Waals surface area contributed by atoms with E-state index in [1.807, 2.05) is 26.1 Å². The third-order valence-corrected chi connectivity index (χ3v) is 5.03. The molecule has 0 spiro atoms. The fraction of sp³-hybridized carbons (Fsp3) is 0.611. The number of hydrogen-bond donors (Lipinski definition) is 1. The second kappa shape index (κ2) is 7.30. The fourth-order valence-electron chi connectivity index (χ4n) is 3.34. The van der Waals surface area contributed by atoms with E-state index in [0.717, 1.165) is 36.5 Å². The molecule has 1 fully saturated rings. The molecule has 6 heteroatoms. The summed E-state index contributed by atoms with van der Waals surface area (Å²) in [6.45, 7) is 4.11. The molecule has 2 aliphatic heterocycles. The van der Waals surface area contributed by atoms with Gasteiger partial charge in [-0.3, -0.25) is 0 Å². The van der Waals surface area contributed by atoms with Gasteiger partial charge in [0.05, 0.1) is 0 Å². The Kier molecular flexibility index (Phi) is 5.14. The number of carbonyl (C=O) groups excluding carboxylic acids is 1. The molecule has 1 aromatic carbocycles. The highest BCUT2D eigenvalue weighted by Gasteiger charge is 2.21. The summed E-state index contributed by atoms with van der Waals surface area (Å²) in [5.74, 6) is 1.42. The molecule has 3 rings (SSSR count). The number of rotatable bonds is 4. The van der Waals surface area contributed by atoms with Crippen molar-refractivity contribution in [1.82, 2.24) is 9.80 Å². The minimum Gasteiger partial charge on any atom is -0.454 e. The van der Waals surface area contributed by atoms with Gasteiger partial charge in [-0.05, 0) is 51.4 Å². The maximum atomic E-state index is 12.4. The third-order valence-electron chi connectivity index (χ3n) is 5.03. The highest BCUT2D eigenvalue weighted by atomic mass is 16.7. The van der Waals surface area contributed by atoms with Gasteiger partial charge >= 0.3 is 6.03 Å². The summed E-state index contributed by atoms with van der Waals surface area (Å²) in [5, 5.41) is 2.98. The summed E-state index contributed by atoms with van der Waals surface area (Å²) in [6, 6.07) is 4.23. The van der Waals surface area contributed by atoms with E-state index < -0.39 is 0 Å². The molecule has 1 N–H and O–H groups in total. The predicted molar refractivity (Wildman–Crippen MR) is 93.8 cm³/mol. The molecule has 0 aromatic heterocycles. The first kappa shape index (κ1) is 16.9. The Morgan fingerprint density at radius 3 is 2.83 bits per heavy atom. The number of nitrogens with one attached hydrogen (secondary N) is 1. The predicted octanol–water partition coefficient (Wildman–Crippen LogP) is 3.06. The fourth-order valence-corrected chi connectivity index (χ4v) is 3.34. The van der Waals surface area contributed by atoms with E-state index in [-0.39, 0.29) is 12.8 Å². The Hall–Kier alpha value is -1.95. The van der Waals surface area contributed by atoms with Crippen LogP contribution in [-0.2, 0) is 0 Å². The van der Waals surface area contributed by atoms with Gasteiger partial charge in [0.25, 0.3) is 0 Å². The molecule has 2 amide bonds. The second-order valence-corrected chi connectivity index (χ2v) is 6.79. The Morgan fingerprint density at radius 1 is 1.33 bits per heavy atom. The number of amides is 2. The first-order valence-electron chi connectivity index (χ1n) is 8.67. The van der Waals surface area contributed by atoms with Crippen LogP contribution in [0.2, 0.25) is 0 Å². The minimum absolute atomic E-state index is 0.0876. The zero-order valence-corrected chi connectivity index (χ0v) is 14.8. The average Bonchev–Trinajstić information content (AvgIpc) is 3.01. The molecule has 24 heavy (non-hydrogen) atoms. The van der Waals surface area contributed by atoms with Gasteiger partial charge in [0, 0.05) is 31.4 Å². The van der Waals surface area contributed by atoms with Gasteiger partial charge in [0.1, 0.15) is 0 Å². The van der Waals surface area contributed by atoms with Crippen molar-refractivity contribution in [1.29, 1.82) is 0 Å². The summed E-state index contributed by atoms with van der Waals surface area (Å²) < 4.78 is 10.7. The Labute approximate surface area is 143 Å². The number of piperidine rings is 1. The van der Waals surface area contributed by atoms with E-state index in [9.17, 15) is 4.79 Å². The summed E-state index contributed by atoms with van der Waals surface area (Å²) in [7, 11) is 4.03.